The van der Waals surface area contributed by atoms with E-state index < -0.39 is 5.82 Å². The van der Waals surface area contributed by atoms with Crippen molar-refractivity contribution in [1.29, 1.82) is 0 Å². The Bertz CT molecular complexity index is 597. The highest BCUT2D eigenvalue weighted by molar-refractivity contribution is 6.28. The summed E-state index contributed by atoms with van der Waals surface area (Å²) in [7, 11) is 0. The minimum Gasteiger partial charge on any atom is -0.395 e. The number of benzene rings is 1. The molecule has 0 amide bonds. The van der Waals surface area contributed by atoms with Crippen LogP contribution in [-0.2, 0) is 6.54 Å². The molecule has 2 rings (SSSR count). The zero-order chi connectivity index (χ0) is 11.7. The first-order chi connectivity index (χ1) is 7.63. The maximum atomic E-state index is 12.9. The fourth-order valence-electron chi connectivity index (χ4n) is 1.46. The van der Waals surface area contributed by atoms with Crippen molar-refractivity contribution in [3.05, 3.63) is 39.7 Å². The van der Waals surface area contributed by atoms with Crippen LogP contribution in [-0.4, -0.2) is 21.3 Å². The average molecular weight is 243 g/mol. The van der Waals surface area contributed by atoms with Gasteiger partial charge in [0.15, 0.2) is 0 Å². The molecule has 0 saturated heterocycles. The Balaban J connectivity index is 2.78. The molecule has 0 aliphatic carbocycles. The largest absolute Gasteiger partial charge is 0.395 e. The Labute approximate surface area is 94.9 Å². The van der Waals surface area contributed by atoms with Gasteiger partial charge < -0.3 is 5.11 Å². The van der Waals surface area contributed by atoms with Gasteiger partial charge in [-0.1, -0.05) is 0 Å². The lowest BCUT2D eigenvalue weighted by atomic mass is 10.2. The molecule has 0 radical (unpaired) electrons. The molecule has 16 heavy (non-hydrogen) atoms. The van der Waals surface area contributed by atoms with Crippen molar-refractivity contribution >= 4 is 22.5 Å². The van der Waals surface area contributed by atoms with Gasteiger partial charge >= 0.3 is 0 Å². The predicted molar refractivity (Wildman–Crippen MR) is 58.1 cm³/mol. The first-order valence-electron chi connectivity index (χ1n) is 4.60. The summed E-state index contributed by atoms with van der Waals surface area (Å²) in [6, 6.07) is 3.68. The van der Waals surface area contributed by atoms with E-state index in [1.807, 2.05) is 0 Å². The number of aliphatic hydroxyl groups excluding tert-OH is 1. The van der Waals surface area contributed by atoms with Crippen LogP contribution < -0.4 is 5.56 Å². The summed E-state index contributed by atoms with van der Waals surface area (Å²) in [6.07, 6.45) is 0. The van der Waals surface area contributed by atoms with Gasteiger partial charge in [-0.2, -0.15) is 0 Å². The van der Waals surface area contributed by atoms with Crippen LogP contribution in [0.5, 0.6) is 0 Å². The van der Waals surface area contributed by atoms with Crippen LogP contribution >= 0.6 is 11.6 Å². The Hall–Kier alpha value is -1.46. The lowest BCUT2D eigenvalue weighted by Crippen LogP contribution is -2.23. The fourth-order valence-corrected chi connectivity index (χ4v) is 1.71. The maximum Gasteiger partial charge on any atom is 0.262 e. The molecule has 4 nitrogen and oxygen atoms in total. The molecule has 1 N–H and O–H groups in total. The molecule has 0 aliphatic heterocycles. The van der Waals surface area contributed by atoms with Crippen molar-refractivity contribution < 1.29 is 9.50 Å². The third kappa shape index (κ3) is 1.79. The summed E-state index contributed by atoms with van der Waals surface area (Å²) < 4.78 is 14.1. The quantitative estimate of drug-likeness (QED) is 0.805. The third-order valence-corrected chi connectivity index (χ3v) is 2.48. The topological polar surface area (TPSA) is 55.1 Å². The molecule has 0 aliphatic rings. The number of fused-ring (bicyclic) bond motifs is 1. The van der Waals surface area contributed by atoms with E-state index in [0.29, 0.717) is 0 Å². The molecular weight excluding hydrogens is 235 g/mol. The van der Waals surface area contributed by atoms with E-state index in [1.165, 1.54) is 12.1 Å². The van der Waals surface area contributed by atoms with Gasteiger partial charge in [0.25, 0.3) is 5.56 Å². The van der Waals surface area contributed by atoms with Crippen LogP contribution in [0.1, 0.15) is 0 Å². The number of nitrogens with zero attached hydrogens (tertiary/aromatic N) is 2. The molecule has 6 heteroatoms. The smallest absolute Gasteiger partial charge is 0.262 e. The van der Waals surface area contributed by atoms with E-state index in [9.17, 15) is 9.18 Å². The van der Waals surface area contributed by atoms with E-state index in [4.69, 9.17) is 16.7 Å². The minimum absolute atomic E-state index is 0.0582. The molecular formula is C10H8ClFN2O2. The standard InChI is InChI=1S/C10H8ClFN2O2/c11-10-13-8-5-6(12)1-2-7(8)9(16)14(10)3-4-15/h1-2,5,15H,3-4H2. The van der Waals surface area contributed by atoms with Gasteiger partial charge in [0.05, 0.1) is 24.1 Å². The normalized spacial score (nSPS) is 10.9. The third-order valence-electron chi connectivity index (χ3n) is 2.19. The second kappa shape index (κ2) is 4.19. The molecule has 0 unspecified atom stereocenters. The molecule has 1 heterocycles. The number of aromatic nitrogens is 2. The Morgan fingerprint density at radius 1 is 1.50 bits per heavy atom. The second-order valence-electron chi connectivity index (χ2n) is 3.22. The van der Waals surface area contributed by atoms with Crippen molar-refractivity contribution in [1.82, 2.24) is 9.55 Å². The molecule has 1 aromatic carbocycles. The lowest BCUT2D eigenvalue weighted by Gasteiger charge is -2.07. The average Bonchev–Trinajstić information content (AvgIpc) is 2.23. The number of hydrogen-bond donors (Lipinski definition) is 1. The molecule has 2 aromatic rings. The van der Waals surface area contributed by atoms with Crippen LogP contribution in [0.3, 0.4) is 0 Å². The summed E-state index contributed by atoms with van der Waals surface area (Å²) >= 11 is 5.76. The zero-order valence-electron chi connectivity index (χ0n) is 8.15. The minimum atomic E-state index is -0.477. The van der Waals surface area contributed by atoms with Gasteiger partial charge in [-0.3, -0.25) is 9.36 Å². The van der Waals surface area contributed by atoms with Crippen LogP contribution in [0.15, 0.2) is 23.0 Å². The van der Waals surface area contributed by atoms with E-state index in [-0.39, 0.29) is 34.9 Å². The highest BCUT2D eigenvalue weighted by Crippen LogP contribution is 2.12. The monoisotopic (exact) mass is 242 g/mol. The fraction of sp³-hybridized carbons (Fsp3) is 0.200. The van der Waals surface area contributed by atoms with Crippen molar-refractivity contribution in [2.75, 3.05) is 6.61 Å². The van der Waals surface area contributed by atoms with Crippen LogP contribution in [0.4, 0.5) is 4.39 Å². The highest BCUT2D eigenvalue weighted by Gasteiger charge is 2.09. The number of halogens is 2. The molecule has 0 spiro atoms. The SMILES string of the molecule is O=c1c2ccc(F)cc2nc(Cl)n1CCO. The Morgan fingerprint density at radius 3 is 2.94 bits per heavy atom. The number of aliphatic hydroxyl groups is 1. The highest BCUT2D eigenvalue weighted by atomic mass is 35.5. The zero-order valence-corrected chi connectivity index (χ0v) is 8.91. The molecule has 0 atom stereocenters. The van der Waals surface area contributed by atoms with Crippen molar-refractivity contribution in [2.24, 2.45) is 0 Å². The van der Waals surface area contributed by atoms with Gasteiger partial charge in [-0.15, -0.1) is 0 Å². The molecule has 0 saturated carbocycles. The van der Waals surface area contributed by atoms with Crippen LogP contribution in [0.25, 0.3) is 10.9 Å². The Kier molecular flexibility index (Phi) is 2.89. The van der Waals surface area contributed by atoms with Crippen LogP contribution in [0, 0.1) is 5.82 Å². The van der Waals surface area contributed by atoms with E-state index in [1.54, 1.807) is 0 Å². The second-order valence-corrected chi connectivity index (χ2v) is 3.56. The van der Waals surface area contributed by atoms with Gasteiger partial charge in [-0.25, -0.2) is 9.37 Å². The van der Waals surface area contributed by atoms with E-state index >= 15 is 0 Å². The van der Waals surface area contributed by atoms with E-state index in [0.717, 1.165) is 10.6 Å². The predicted octanol–water partition coefficient (Wildman–Crippen LogP) is 1.18. The van der Waals surface area contributed by atoms with Crippen molar-refractivity contribution in [2.45, 2.75) is 6.54 Å². The van der Waals surface area contributed by atoms with Gasteiger partial charge in [0.2, 0.25) is 5.28 Å². The summed E-state index contributed by atoms with van der Waals surface area (Å²) in [4.78, 5) is 15.7. The molecule has 84 valence electrons. The number of rotatable bonds is 2. The Morgan fingerprint density at radius 2 is 2.25 bits per heavy atom. The first kappa shape index (κ1) is 11.0. The summed E-state index contributed by atoms with van der Waals surface area (Å²) in [5, 5.41) is 9.00. The number of hydrogen-bond acceptors (Lipinski definition) is 3. The van der Waals surface area contributed by atoms with E-state index in [2.05, 4.69) is 4.98 Å². The summed E-state index contributed by atoms with van der Waals surface area (Å²) in [5.41, 5.74) is -0.173. The van der Waals surface area contributed by atoms with Crippen molar-refractivity contribution in [3.8, 4) is 0 Å². The van der Waals surface area contributed by atoms with Gasteiger partial charge in [-0.05, 0) is 23.7 Å². The first-order valence-corrected chi connectivity index (χ1v) is 4.97. The summed E-state index contributed by atoms with van der Waals surface area (Å²) in [5.74, 6) is -0.477. The lowest BCUT2D eigenvalue weighted by molar-refractivity contribution is 0.274. The molecule has 0 fully saturated rings. The van der Waals surface area contributed by atoms with Crippen molar-refractivity contribution in [3.63, 3.8) is 0 Å². The van der Waals surface area contributed by atoms with Crippen LogP contribution in [0.2, 0.25) is 5.28 Å². The summed E-state index contributed by atoms with van der Waals surface area (Å²) in [6.45, 7) is -0.147. The van der Waals surface area contributed by atoms with Gasteiger partial charge in [0, 0.05) is 6.07 Å². The molecule has 1 aromatic heterocycles. The maximum absolute atomic E-state index is 12.9. The molecule has 0 bridgehead atoms. The van der Waals surface area contributed by atoms with Gasteiger partial charge in [0.1, 0.15) is 5.82 Å².